The summed E-state index contributed by atoms with van der Waals surface area (Å²) in [5.41, 5.74) is 11.3. The Morgan fingerprint density at radius 1 is 0.786 bits per heavy atom. The minimum Gasteiger partial charge on any atom is -0.330 e. The molecular formula is C12H28N2. The molecule has 0 radical (unpaired) electrons. The van der Waals surface area contributed by atoms with E-state index in [9.17, 15) is 0 Å². The van der Waals surface area contributed by atoms with Gasteiger partial charge in [0.15, 0.2) is 0 Å². The molecule has 0 saturated carbocycles. The maximum Gasteiger partial charge on any atom is -0.00490 e. The molecule has 2 nitrogen and oxygen atoms in total. The summed E-state index contributed by atoms with van der Waals surface area (Å²) >= 11 is 0. The average Bonchev–Trinajstić information content (AvgIpc) is 2.24. The van der Waals surface area contributed by atoms with Gasteiger partial charge in [0, 0.05) is 0 Å². The molecule has 0 spiro atoms. The lowest BCUT2D eigenvalue weighted by Gasteiger charge is -2.14. The van der Waals surface area contributed by atoms with E-state index in [1.807, 2.05) is 0 Å². The number of nitrogens with two attached hydrogens (primary N) is 2. The van der Waals surface area contributed by atoms with Crippen LogP contribution in [0.25, 0.3) is 0 Å². The first kappa shape index (κ1) is 13.9. The fourth-order valence-corrected chi connectivity index (χ4v) is 1.84. The molecule has 2 atom stereocenters. The van der Waals surface area contributed by atoms with Crippen LogP contribution >= 0.6 is 0 Å². The Labute approximate surface area is 89.4 Å². The summed E-state index contributed by atoms with van der Waals surface area (Å²) in [5, 5.41) is 0. The highest BCUT2D eigenvalue weighted by Gasteiger charge is 2.05. The Balaban J connectivity index is 3.35. The minimum atomic E-state index is 0.743. The fraction of sp³-hybridized carbons (Fsp3) is 1.00. The molecule has 0 rings (SSSR count). The Morgan fingerprint density at radius 3 is 1.36 bits per heavy atom. The molecule has 86 valence electrons. The van der Waals surface area contributed by atoms with Gasteiger partial charge < -0.3 is 11.5 Å². The SMILES string of the molecule is CCC(CN)CCCCC(CC)CN. The maximum absolute atomic E-state index is 5.66. The smallest absolute Gasteiger partial charge is 0.00490 e. The highest BCUT2D eigenvalue weighted by atomic mass is 14.5. The van der Waals surface area contributed by atoms with Gasteiger partial charge in [0.05, 0.1) is 0 Å². The van der Waals surface area contributed by atoms with E-state index in [1.54, 1.807) is 0 Å². The Morgan fingerprint density at radius 2 is 1.14 bits per heavy atom. The largest absolute Gasteiger partial charge is 0.330 e. The maximum atomic E-state index is 5.66. The molecule has 2 unspecified atom stereocenters. The predicted molar refractivity (Wildman–Crippen MR) is 64.1 cm³/mol. The van der Waals surface area contributed by atoms with Crippen molar-refractivity contribution in [2.24, 2.45) is 23.3 Å². The molecule has 0 aromatic rings. The van der Waals surface area contributed by atoms with Gasteiger partial charge in [0.25, 0.3) is 0 Å². The van der Waals surface area contributed by atoms with Gasteiger partial charge in [-0.25, -0.2) is 0 Å². The lowest BCUT2D eigenvalue weighted by molar-refractivity contribution is 0.411. The van der Waals surface area contributed by atoms with Crippen molar-refractivity contribution < 1.29 is 0 Å². The van der Waals surface area contributed by atoms with E-state index in [0.29, 0.717) is 0 Å². The molecular weight excluding hydrogens is 172 g/mol. The first-order valence-electron chi connectivity index (χ1n) is 6.18. The van der Waals surface area contributed by atoms with E-state index < -0.39 is 0 Å². The van der Waals surface area contributed by atoms with Gasteiger partial charge in [-0.05, 0) is 37.8 Å². The average molecular weight is 200 g/mol. The van der Waals surface area contributed by atoms with Crippen LogP contribution in [0.5, 0.6) is 0 Å². The van der Waals surface area contributed by atoms with Crippen LogP contribution in [0, 0.1) is 11.8 Å². The van der Waals surface area contributed by atoms with Gasteiger partial charge in [-0.3, -0.25) is 0 Å². The molecule has 0 heterocycles. The molecule has 0 bridgehead atoms. The third-order valence-electron chi connectivity index (χ3n) is 3.30. The molecule has 0 aliphatic rings. The second kappa shape index (κ2) is 9.47. The van der Waals surface area contributed by atoms with E-state index in [-0.39, 0.29) is 0 Å². The van der Waals surface area contributed by atoms with Gasteiger partial charge in [0.2, 0.25) is 0 Å². The normalized spacial score (nSPS) is 15.4. The molecule has 0 aliphatic carbocycles. The van der Waals surface area contributed by atoms with Crippen LogP contribution in [0.2, 0.25) is 0 Å². The summed E-state index contributed by atoms with van der Waals surface area (Å²) < 4.78 is 0. The van der Waals surface area contributed by atoms with E-state index in [1.165, 1.54) is 38.5 Å². The minimum absolute atomic E-state index is 0.743. The Hall–Kier alpha value is -0.0800. The summed E-state index contributed by atoms with van der Waals surface area (Å²) in [6.07, 6.45) is 7.70. The van der Waals surface area contributed by atoms with Crippen LogP contribution in [0.15, 0.2) is 0 Å². The van der Waals surface area contributed by atoms with Crippen molar-refractivity contribution in [1.82, 2.24) is 0 Å². The zero-order chi connectivity index (χ0) is 10.8. The molecule has 0 aromatic carbocycles. The summed E-state index contributed by atoms with van der Waals surface area (Å²) in [7, 11) is 0. The van der Waals surface area contributed by atoms with Crippen LogP contribution in [0.3, 0.4) is 0 Å². The first-order valence-corrected chi connectivity index (χ1v) is 6.18. The van der Waals surface area contributed by atoms with Crippen LogP contribution in [0.4, 0.5) is 0 Å². The van der Waals surface area contributed by atoms with Gasteiger partial charge in [-0.2, -0.15) is 0 Å². The monoisotopic (exact) mass is 200 g/mol. The van der Waals surface area contributed by atoms with E-state index in [4.69, 9.17) is 11.5 Å². The van der Waals surface area contributed by atoms with Gasteiger partial charge >= 0.3 is 0 Å². The van der Waals surface area contributed by atoms with Crippen LogP contribution in [-0.2, 0) is 0 Å². The highest BCUT2D eigenvalue weighted by Crippen LogP contribution is 2.16. The topological polar surface area (TPSA) is 52.0 Å². The second-order valence-corrected chi connectivity index (χ2v) is 4.30. The van der Waals surface area contributed by atoms with Crippen LogP contribution in [0.1, 0.15) is 52.4 Å². The molecule has 0 amide bonds. The van der Waals surface area contributed by atoms with Crippen molar-refractivity contribution >= 4 is 0 Å². The summed E-state index contributed by atoms with van der Waals surface area (Å²) in [4.78, 5) is 0. The lowest BCUT2D eigenvalue weighted by atomic mass is 9.95. The second-order valence-electron chi connectivity index (χ2n) is 4.30. The molecule has 2 heteroatoms. The van der Waals surface area contributed by atoms with Crippen molar-refractivity contribution in [2.75, 3.05) is 13.1 Å². The molecule has 0 aliphatic heterocycles. The van der Waals surface area contributed by atoms with Crippen molar-refractivity contribution in [3.8, 4) is 0 Å². The van der Waals surface area contributed by atoms with E-state index >= 15 is 0 Å². The van der Waals surface area contributed by atoms with E-state index in [2.05, 4.69) is 13.8 Å². The van der Waals surface area contributed by atoms with Crippen LogP contribution in [-0.4, -0.2) is 13.1 Å². The van der Waals surface area contributed by atoms with Crippen molar-refractivity contribution in [2.45, 2.75) is 52.4 Å². The summed E-state index contributed by atoms with van der Waals surface area (Å²) in [5.74, 6) is 1.49. The first-order chi connectivity index (χ1) is 6.78. The lowest BCUT2D eigenvalue weighted by Crippen LogP contribution is -2.15. The summed E-state index contributed by atoms with van der Waals surface area (Å²) in [6, 6.07) is 0. The third kappa shape index (κ3) is 6.39. The zero-order valence-electron chi connectivity index (χ0n) is 9.97. The fourth-order valence-electron chi connectivity index (χ4n) is 1.84. The number of rotatable bonds is 9. The Bertz CT molecular complexity index is 92.9. The quantitative estimate of drug-likeness (QED) is 0.562. The summed E-state index contributed by atoms with van der Waals surface area (Å²) in [6.45, 7) is 6.16. The third-order valence-corrected chi connectivity index (χ3v) is 3.30. The number of unbranched alkanes of at least 4 members (excludes halogenated alkanes) is 1. The van der Waals surface area contributed by atoms with Crippen molar-refractivity contribution in [3.05, 3.63) is 0 Å². The van der Waals surface area contributed by atoms with Gasteiger partial charge in [-0.1, -0.05) is 39.5 Å². The van der Waals surface area contributed by atoms with Crippen molar-refractivity contribution in [3.63, 3.8) is 0 Å². The predicted octanol–water partition coefficient (Wildman–Crippen LogP) is 2.52. The van der Waals surface area contributed by atoms with Gasteiger partial charge in [-0.15, -0.1) is 0 Å². The molecule has 4 N–H and O–H groups in total. The Kier molecular flexibility index (Phi) is 9.42. The molecule has 0 fully saturated rings. The molecule has 0 saturated heterocycles. The number of hydrogen-bond donors (Lipinski definition) is 2. The highest BCUT2D eigenvalue weighted by molar-refractivity contribution is 4.61. The molecule has 14 heavy (non-hydrogen) atoms. The standard InChI is InChI=1S/C12H28N2/c1-3-11(9-13)7-5-6-8-12(4-2)10-14/h11-12H,3-10,13-14H2,1-2H3. The van der Waals surface area contributed by atoms with Crippen molar-refractivity contribution in [1.29, 1.82) is 0 Å². The number of hydrogen-bond acceptors (Lipinski definition) is 2. The zero-order valence-corrected chi connectivity index (χ0v) is 9.97. The van der Waals surface area contributed by atoms with Crippen LogP contribution < -0.4 is 11.5 Å². The van der Waals surface area contributed by atoms with E-state index in [0.717, 1.165) is 24.9 Å². The molecule has 0 aromatic heterocycles. The van der Waals surface area contributed by atoms with Gasteiger partial charge in [0.1, 0.15) is 0 Å².